The predicted molar refractivity (Wildman–Crippen MR) is 78.3 cm³/mol. The lowest BCUT2D eigenvalue weighted by Crippen LogP contribution is -2.37. The fourth-order valence-electron chi connectivity index (χ4n) is 2.99. The van der Waals surface area contributed by atoms with Gasteiger partial charge >= 0.3 is 6.18 Å². The van der Waals surface area contributed by atoms with Gasteiger partial charge in [0.05, 0.1) is 23.5 Å². The molecule has 1 aliphatic rings. The molecule has 23 heavy (non-hydrogen) atoms. The molecule has 0 radical (unpaired) electrons. The lowest BCUT2D eigenvalue weighted by molar-refractivity contribution is -0.138. The average molecular weight is 352 g/mol. The molecule has 0 bridgehead atoms. The number of methoxy groups -OCH3 is 1. The summed E-state index contributed by atoms with van der Waals surface area (Å²) in [4.78, 5) is 0. The molecule has 8 heteroatoms. The van der Waals surface area contributed by atoms with Crippen LogP contribution >= 0.6 is 0 Å². The van der Waals surface area contributed by atoms with Crippen molar-refractivity contribution in [3.05, 3.63) is 35.4 Å². The second kappa shape index (κ2) is 6.41. The molecule has 0 spiro atoms. The number of rotatable bonds is 4. The number of halogens is 3. The monoisotopic (exact) mass is 352 g/mol. The second-order valence-electron chi connectivity index (χ2n) is 5.78. The maximum atomic E-state index is 12.9. The Kier molecular flexibility index (Phi) is 5.08. The van der Waals surface area contributed by atoms with E-state index in [1.54, 1.807) is 6.07 Å². The van der Waals surface area contributed by atoms with Crippen LogP contribution in [0.1, 0.15) is 36.8 Å². The highest BCUT2D eigenvalue weighted by Crippen LogP contribution is 2.42. The number of alkyl halides is 3. The van der Waals surface area contributed by atoms with Gasteiger partial charge in [0.2, 0.25) is 0 Å². The molecule has 0 amide bonds. The van der Waals surface area contributed by atoms with Crippen molar-refractivity contribution in [1.82, 2.24) is 0 Å². The van der Waals surface area contributed by atoms with Crippen molar-refractivity contribution in [1.29, 1.82) is 0 Å². The van der Waals surface area contributed by atoms with Gasteiger partial charge in [-0.15, -0.1) is 0 Å². The number of hydrogen-bond acceptors (Lipinski definition) is 4. The maximum Gasteiger partial charge on any atom is 0.416 e. The summed E-state index contributed by atoms with van der Waals surface area (Å²) in [6, 6.07) is 5.08. The summed E-state index contributed by atoms with van der Waals surface area (Å²) >= 11 is 0. The Labute approximate surface area is 133 Å². The topological polar surface area (TPSA) is 52.6 Å². The maximum absolute atomic E-state index is 12.9. The van der Waals surface area contributed by atoms with Gasteiger partial charge in [-0.1, -0.05) is 12.1 Å². The van der Waals surface area contributed by atoms with Crippen molar-refractivity contribution in [2.24, 2.45) is 0 Å². The summed E-state index contributed by atoms with van der Waals surface area (Å²) in [7, 11) is -2.09. The molecule has 0 saturated heterocycles. The van der Waals surface area contributed by atoms with Crippen LogP contribution in [0.5, 0.6) is 0 Å². The van der Waals surface area contributed by atoms with Gasteiger partial charge in [0.25, 0.3) is 10.1 Å². The van der Waals surface area contributed by atoms with E-state index in [0.717, 1.165) is 18.4 Å². The molecule has 0 N–H and O–H groups in total. The van der Waals surface area contributed by atoms with Gasteiger partial charge in [0.15, 0.2) is 0 Å². The highest BCUT2D eigenvalue weighted by atomic mass is 32.2. The summed E-state index contributed by atoms with van der Waals surface area (Å²) in [5, 5.41) is 0. The Morgan fingerprint density at radius 1 is 1.22 bits per heavy atom. The molecule has 0 aliphatic heterocycles. The first-order valence-corrected chi connectivity index (χ1v) is 8.98. The van der Waals surface area contributed by atoms with E-state index in [4.69, 9.17) is 8.92 Å². The molecule has 0 unspecified atom stereocenters. The van der Waals surface area contributed by atoms with Crippen molar-refractivity contribution in [3.63, 3.8) is 0 Å². The van der Waals surface area contributed by atoms with Crippen molar-refractivity contribution in [3.8, 4) is 0 Å². The molecular formula is C15H19F3O4S. The molecule has 1 saturated carbocycles. The zero-order valence-corrected chi connectivity index (χ0v) is 13.7. The van der Waals surface area contributed by atoms with E-state index in [0.29, 0.717) is 31.2 Å². The van der Waals surface area contributed by atoms with E-state index in [2.05, 4.69) is 0 Å². The fourth-order valence-corrected chi connectivity index (χ4v) is 3.68. The minimum atomic E-state index is -4.42. The number of hydrogen-bond donors (Lipinski definition) is 0. The number of benzene rings is 1. The predicted octanol–water partition coefficient (Wildman–Crippen LogP) is 3.47. The minimum Gasteiger partial charge on any atom is -0.374 e. The van der Waals surface area contributed by atoms with Gasteiger partial charge in [-0.05, 0) is 43.4 Å². The van der Waals surface area contributed by atoms with Crippen LogP contribution in [-0.2, 0) is 30.8 Å². The lowest BCUT2D eigenvalue weighted by atomic mass is 9.78. The molecule has 1 aliphatic carbocycles. The zero-order chi connectivity index (χ0) is 17.3. The standard InChI is InChI=1S/C15H19F3O4S/c1-21-14(8-6-13(7-9-14)22-23(2,19)20)11-4-3-5-12(10-11)15(16,17)18/h3-5,10,13H,6-9H2,1-2H3/t13-,14-. The smallest absolute Gasteiger partial charge is 0.374 e. The van der Waals surface area contributed by atoms with Crippen LogP contribution < -0.4 is 0 Å². The first-order valence-electron chi connectivity index (χ1n) is 7.17. The molecule has 1 aromatic rings. The average Bonchev–Trinajstić information content (AvgIpc) is 2.46. The largest absolute Gasteiger partial charge is 0.416 e. The third-order valence-electron chi connectivity index (χ3n) is 4.16. The molecule has 1 fully saturated rings. The van der Waals surface area contributed by atoms with Crippen LogP contribution in [0.25, 0.3) is 0 Å². The summed E-state index contributed by atoms with van der Waals surface area (Å²) < 4.78 is 71.5. The normalized spacial score (nSPS) is 26.2. The van der Waals surface area contributed by atoms with Crippen LogP contribution in [0.2, 0.25) is 0 Å². The van der Waals surface area contributed by atoms with Gasteiger partial charge < -0.3 is 4.74 Å². The zero-order valence-electron chi connectivity index (χ0n) is 12.9. The van der Waals surface area contributed by atoms with Crippen LogP contribution in [0, 0.1) is 0 Å². The Bertz CT molecular complexity index is 647. The Morgan fingerprint density at radius 2 is 1.83 bits per heavy atom. The van der Waals surface area contributed by atoms with Crippen molar-refractivity contribution in [2.45, 2.75) is 43.6 Å². The molecule has 0 aromatic heterocycles. The minimum absolute atomic E-state index is 0.394. The Hall–Kier alpha value is -1.12. The quantitative estimate of drug-likeness (QED) is 0.779. The summed E-state index contributed by atoms with van der Waals surface area (Å²) in [5.41, 5.74) is -1.12. The van der Waals surface area contributed by atoms with E-state index in [-0.39, 0.29) is 0 Å². The van der Waals surface area contributed by atoms with Crippen LogP contribution in [0.15, 0.2) is 24.3 Å². The molecule has 1 aromatic carbocycles. The molecule has 0 heterocycles. The summed E-state index contributed by atoms with van der Waals surface area (Å²) in [5.74, 6) is 0. The third-order valence-corrected chi connectivity index (χ3v) is 4.78. The van der Waals surface area contributed by atoms with Crippen LogP contribution in [0.3, 0.4) is 0 Å². The van der Waals surface area contributed by atoms with Gasteiger partial charge in [0, 0.05) is 7.11 Å². The van der Waals surface area contributed by atoms with E-state index in [1.165, 1.54) is 13.2 Å². The molecule has 2 rings (SSSR count). The lowest BCUT2D eigenvalue weighted by Gasteiger charge is -2.39. The van der Waals surface area contributed by atoms with Crippen LogP contribution in [-0.4, -0.2) is 27.9 Å². The Morgan fingerprint density at radius 3 is 2.30 bits per heavy atom. The van der Waals surface area contributed by atoms with Crippen molar-refractivity contribution < 1.29 is 30.5 Å². The van der Waals surface area contributed by atoms with E-state index >= 15 is 0 Å². The van der Waals surface area contributed by atoms with Crippen molar-refractivity contribution >= 4 is 10.1 Å². The first kappa shape index (κ1) is 18.2. The Balaban J connectivity index is 2.21. The molecule has 4 nitrogen and oxygen atoms in total. The van der Waals surface area contributed by atoms with Gasteiger partial charge in [-0.3, -0.25) is 4.18 Å². The molecule has 0 atom stereocenters. The highest BCUT2D eigenvalue weighted by molar-refractivity contribution is 7.86. The first-order chi connectivity index (χ1) is 10.6. The number of ether oxygens (including phenoxy) is 1. The van der Waals surface area contributed by atoms with Gasteiger partial charge in [0.1, 0.15) is 0 Å². The van der Waals surface area contributed by atoms with Crippen LogP contribution in [0.4, 0.5) is 13.2 Å². The SMILES string of the molecule is CO[C@]1(c2cccc(C(F)(F)F)c2)CC[C@@H](OS(C)(=O)=O)CC1. The van der Waals surface area contributed by atoms with E-state index < -0.39 is 33.6 Å². The summed E-state index contributed by atoms with van der Waals surface area (Å²) in [6.07, 6.45) is -2.30. The molecular weight excluding hydrogens is 333 g/mol. The van der Waals surface area contributed by atoms with Gasteiger partial charge in [-0.25, -0.2) is 0 Å². The second-order valence-corrected chi connectivity index (χ2v) is 7.38. The highest BCUT2D eigenvalue weighted by Gasteiger charge is 2.40. The summed E-state index contributed by atoms with van der Waals surface area (Å²) in [6.45, 7) is 0. The van der Waals surface area contributed by atoms with E-state index in [9.17, 15) is 21.6 Å². The molecule has 130 valence electrons. The van der Waals surface area contributed by atoms with E-state index in [1.807, 2.05) is 0 Å². The third kappa shape index (κ3) is 4.45. The fraction of sp³-hybridized carbons (Fsp3) is 0.600. The van der Waals surface area contributed by atoms with Crippen molar-refractivity contribution in [2.75, 3.05) is 13.4 Å². The van der Waals surface area contributed by atoms with Gasteiger partial charge in [-0.2, -0.15) is 21.6 Å².